The number of hydrogen-bond donors (Lipinski definition) is 2. The lowest BCUT2D eigenvalue weighted by Gasteiger charge is -2.23. The van der Waals surface area contributed by atoms with Crippen molar-refractivity contribution >= 4 is 5.91 Å². The SMILES string of the molecule is CC(C)(CCO)CNC(=O)CCc1nc(-c2ccco2)no1. The van der Waals surface area contributed by atoms with Crippen LogP contribution in [-0.2, 0) is 11.2 Å². The zero-order chi connectivity index (χ0) is 16.0. The van der Waals surface area contributed by atoms with E-state index in [2.05, 4.69) is 15.5 Å². The average molecular weight is 307 g/mol. The molecule has 2 aromatic heterocycles. The molecule has 0 bridgehead atoms. The number of hydrogen-bond acceptors (Lipinski definition) is 6. The molecule has 0 radical (unpaired) electrons. The summed E-state index contributed by atoms with van der Waals surface area (Å²) in [7, 11) is 0. The van der Waals surface area contributed by atoms with E-state index in [4.69, 9.17) is 14.0 Å². The molecule has 0 atom stereocenters. The van der Waals surface area contributed by atoms with Crippen molar-refractivity contribution in [3.05, 3.63) is 24.3 Å². The van der Waals surface area contributed by atoms with Gasteiger partial charge in [-0.1, -0.05) is 19.0 Å². The summed E-state index contributed by atoms with van der Waals surface area (Å²) in [5.74, 6) is 1.23. The van der Waals surface area contributed by atoms with E-state index >= 15 is 0 Å². The number of nitrogens with zero attached hydrogens (tertiary/aromatic N) is 2. The zero-order valence-electron chi connectivity index (χ0n) is 12.8. The second-order valence-corrected chi connectivity index (χ2v) is 5.90. The number of nitrogens with one attached hydrogen (secondary N) is 1. The summed E-state index contributed by atoms with van der Waals surface area (Å²) < 4.78 is 10.3. The minimum absolute atomic E-state index is 0.0798. The van der Waals surface area contributed by atoms with Gasteiger partial charge in [-0.2, -0.15) is 4.98 Å². The van der Waals surface area contributed by atoms with Crippen LogP contribution in [0, 0.1) is 5.41 Å². The number of aliphatic hydroxyl groups excluding tert-OH is 1. The summed E-state index contributed by atoms with van der Waals surface area (Å²) in [4.78, 5) is 16.0. The van der Waals surface area contributed by atoms with Crippen LogP contribution in [-0.4, -0.2) is 34.3 Å². The standard InChI is InChI=1S/C15H21N3O4/c1-15(2,7-8-19)10-16-12(20)5-6-13-17-14(18-22-13)11-4-3-9-21-11/h3-4,9,19H,5-8,10H2,1-2H3,(H,16,20). The Kier molecular flexibility index (Phi) is 5.32. The molecule has 0 fully saturated rings. The van der Waals surface area contributed by atoms with E-state index < -0.39 is 0 Å². The maximum absolute atomic E-state index is 11.8. The highest BCUT2D eigenvalue weighted by atomic mass is 16.5. The fraction of sp³-hybridized carbons (Fsp3) is 0.533. The summed E-state index contributed by atoms with van der Waals surface area (Å²) in [6.07, 6.45) is 2.82. The highest BCUT2D eigenvalue weighted by Gasteiger charge is 2.18. The summed E-state index contributed by atoms with van der Waals surface area (Å²) in [5, 5.41) is 15.6. The van der Waals surface area contributed by atoms with Crippen LogP contribution in [0.5, 0.6) is 0 Å². The molecule has 0 saturated heterocycles. The molecule has 0 aliphatic carbocycles. The summed E-state index contributed by atoms with van der Waals surface area (Å²) >= 11 is 0. The van der Waals surface area contributed by atoms with Gasteiger partial charge in [-0.15, -0.1) is 0 Å². The number of aliphatic hydroxyl groups is 1. The molecule has 0 saturated carbocycles. The van der Waals surface area contributed by atoms with Gasteiger partial charge in [0.25, 0.3) is 0 Å². The second-order valence-electron chi connectivity index (χ2n) is 5.90. The van der Waals surface area contributed by atoms with Gasteiger partial charge in [0.15, 0.2) is 5.76 Å². The Balaban J connectivity index is 1.77. The maximum atomic E-state index is 11.8. The van der Waals surface area contributed by atoms with Gasteiger partial charge in [0.1, 0.15) is 0 Å². The topological polar surface area (TPSA) is 101 Å². The largest absolute Gasteiger partial charge is 0.461 e. The molecule has 2 N–H and O–H groups in total. The third-order valence-electron chi connectivity index (χ3n) is 3.33. The van der Waals surface area contributed by atoms with E-state index in [0.717, 1.165) is 0 Å². The highest BCUT2D eigenvalue weighted by Crippen LogP contribution is 2.18. The molecule has 22 heavy (non-hydrogen) atoms. The minimum atomic E-state index is -0.124. The van der Waals surface area contributed by atoms with Crippen LogP contribution >= 0.6 is 0 Å². The molecule has 2 heterocycles. The average Bonchev–Trinajstić information content (AvgIpc) is 3.13. The van der Waals surface area contributed by atoms with Crippen molar-refractivity contribution in [2.75, 3.05) is 13.2 Å². The number of carbonyl (C=O) groups is 1. The molecule has 0 spiro atoms. The molecule has 0 unspecified atom stereocenters. The molecule has 0 aliphatic rings. The van der Waals surface area contributed by atoms with Crippen molar-refractivity contribution in [2.45, 2.75) is 33.1 Å². The van der Waals surface area contributed by atoms with Gasteiger partial charge in [0.05, 0.1) is 6.26 Å². The lowest BCUT2D eigenvalue weighted by atomic mass is 9.90. The van der Waals surface area contributed by atoms with E-state index in [1.54, 1.807) is 12.1 Å². The van der Waals surface area contributed by atoms with Crippen LogP contribution in [0.3, 0.4) is 0 Å². The predicted molar refractivity (Wildman–Crippen MR) is 78.8 cm³/mol. The van der Waals surface area contributed by atoms with Crippen LogP contribution in [0.15, 0.2) is 27.3 Å². The van der Waals surface area contributed by atoms with E-state index in [1.165, 1.54) is 6.26 Å². The summed E-state index contributed by atoms with van der Waals surface area (Å²) in [6.45, 7) is 4.63. The fourth-order valence-electron chi connectivity index (χ4n) is 1.90. The van der Waals surface area contributed by atoms with Crippen LogP contribution in [0.1, 0.15) is 32.6 Å². The van der Waals surface area contributed by atoms with E-state index in [9.17, 15) is 4.79 Å². The number of aromatic nitrogens is 2. The van der Waals surface area contributed by atoms with Crippen molar-refractivity contribution in [3.63, 3.8) is 0 Å². The minimum Gasteiger partial charge on any atom is -0.461 e. The Morgan fingerprint density at radius 2 is 2.27 bits per heavy atom. The van der Waals surface area contributed by atoms with Gasteiger partial charge in [-0.3, -0.25) is 4.79 Å². The molecular formula is C15H21N3O4. The van der Waals surface area contributed by atoms with Crippen molar-refractivity contribution in [1.29, 1.82) is 0 Å². The summed E-state index contributed by atoms with van der Waals surface area (Å²) in [6, 6.07) is 3.48. The Labute approximate surface area is 128 Å². The first kappa shape index (κ1) is 16.2. The van der Waals surface area contributed by atoms with Gasteiger partial charge in [0.2, 0.25) is 17.6 Å². The first-order valence-electron chi connectivity index (χ1n) is 7.24. The van der Waals surface area contributed by atoms with Gasteiger partial charge < -0.3 is 19.4 Å². The smallest absolute Gasteiger partial charge is 0.238 e. The summed E-state index contributed by atoms with van der Waals surface area (Å²) in [5.41, 5.74) is -0.124. The lowest BCUT2D eigenvalue weighted by Crippen LogP contribution is -2.34. The van der Waals surface area contributed by atoms with Crippen LogP contribution in [0.2, 0.25) is 0 Å². The second kappa shape index (κ2) is 7.22. The van der Waals surface area contributed by atoms with Crippen LogP contribution < -0.4 is 5.32 Å². The zero-order valence-corrected chi connectivity index (χ0v) is 12.8. The molecule has 0 aliphatic heterocycles. The van der Waals surface area contributed by atoms with Crippen molar-refractivity contribution in [2.24, 2.45) is 5.41 Å². The molecule has 7 heteroatoms. The molecule has 1 amide bonds. The molecule has 120 valence electrons. The highest BCUT2D eigenvalue weighted by molar-refractivity contribution is 5.76. The fourth-order valence-corrected chi connectivity index (χ4v) is 1.90. The van der Waals surface area contributed by atoms with Gasteiger partial charge in [-0.25, -0.2) is 0 Å². The number of aryl methyl sites for hydroxylation is 1. The first-order chi connectivity index (χ1) is 10.5. The quantitative estimate of drug-likeness (QED) is 0.771. The normalized spacial score (nSPS) is 11.6. The molecule has 0 aromatic carbocycles. The number of rotatable bonds is 8. The molecule has 2 rings (SSSR count). The third kappa shape index (κ3) is 4.70. The van der Waals surface area contributed by atoms with Gasteiger partial charge >= 0.3 is 0 Å². The van der Waals surface area contributed by atoms with Crippen molar-refractivity contribution < 1.29 is 18.8 Å². The Hall–Kier alpha value is -2.15. The number of furan rings is 1. The monoisotopic (exact) mass is 307 g/mol. The predicted octanol–water partition coefficient (Wildman–Crippen LogP) is 1.79. The molecule has 7 nitrogen and oxygen atoms in total. The molecular weight excluding hydrogens is 286 g/mol. The van der Waals surface area contributed by atoms with Gasteiger partial charge in [0, 0.05) is 26.0 Å². The molecule has 2 aromatic rings. The number of amides is 1. The first-order valence-corrected chi connectivity index (χ1v) is 7.24. The Bertz CT molecular complexity index is 590. The Morgan fingerprint density at radius 1 is 1.45 bits per heavy atom. The maximum Gasteiger partial charge on any atom is 0.238 e. The van der Waals surface area contributed by atoms with Crippen LogP contribution in [0.4, 0.5) is 0 Å². The van der Waals surface area contributed by atoms with E-state index in [1.807, 2.05) is 13.8 Å². The Morgan fingerprint density at radius 3 is 2.95 bits per heavy atom. The third-order valence-corrected chi connectivity index (χ3v) is 3.33. The van der Waals surface area contributed by atoms with E-state index in [-0.39, 0.29) is 24.3 Å². The van der Waals surface area contributed by atoms with Crippen molar-refractivity contribution in [3.8, 4) is 11.6 Å². The van der Waals surface area contributed by atoms with Crippen molar-refractivity contribution in [1.82, 2.24) is 15.5 Å². The van der Waals surface area contributed by atoms with Crippen LogP contribution in [0.25, 0.3) is 11.6 Å². The van der Waals surface area contributed by atoms with E-state index in [0.29, 0.717) is 36.9 Å². The lowest BCUT2D eigenvalue weighted by molar-refractivity contribution is -0.121. The van der Waals surface area contributed by atoms with Gasteiger partial charge in [-0.05, 0) is 24.0 Å². The number of carbonyl (C=O) groups excluding carboxylic acids is 1.